The number of carboxylic acid groups (broad SMARTS) is 1. The largest absolute Gasteiger partial charge is 0.481 e. The maximum absolute atomic E-state index is 10.9. The number of allylic oxidation sites excluding steroid dienone is 2. The highest BCUT2D eigenvalue weighted by atomic mass is 32.1. The third-order valence-electron chi connectivity index (χ3n) is 4.76. The number of anilines is 1. The molecule has 5 heteroatoms. The van der Waals surface area contributed by atoms with Gasteiger partial charge in [0.05, 0.1) is 6.42 Å². The first-order chi connectivity index (χ1) is 13.1. The second kappa shape index (κ2) is 7.37. The van der Waals surface area contributed by atoms with Crippen LogP contribution in [0.3, 0.4) is 0 Å². The Morgan fingerprint density at radius 3 is 2.81 bits per heavy atom. The van der Waals surface area contributed by atoms with Crippen LogP contribution in [0.1, 0.15) is 23.4 Å². The van der Waals surface area contributed by atoms with Crippen molar-refractivity contribution in [2.75, 3.05) is 11.9 Å². The third kappa shape index (κ3) is 3.51. The maximum Gasteiger partial charge on any atom is 0.303 e. The SMILES string of the molecule is CN1C=C/C(=C\c2sc3ccccc3[n+]2CCCC(=O)O)c2ccccc21. The molecule has 4 rings (SSSR count). The molecule has 1 N–H and O–H groups in total. The minimum atomic E-state index is -0.748. The van der Waals surface area contributed by atoms with E-state index in [1.165, 1.54) is 21.5 Å². The van der Waals surface area contributed by atoms with Crippen LogP contribution in [-0.2, 0) is 11.3 Å². The smallest absolute Gasteiger partial charge is 0.303 e. The molecule has 0 aliphatic carbocycles. The summed E-state index contributed by atoms with van der Waals surface area (Å²) in [4.78, 5) is 13.1. The van der Waals surface area contributed by atoms with Crippen molar-refractivity contribution in [2.24, 2.45) is 0 Å². The highest BCUT2D eigenvalue weighted by molar-refractivity contribution is 7.18. The molecule has 1 aliphatic heterocycles. The minimum Gasteiger partial charge on any atom is -0.481 e. The fourth-order valence-electron chi connectivity index (χ4n) is 3.43. The Balaban J connectivity index is 1.78. The van der Waals surface area contributed by atoms with Crippen LogP contribution in [0.25, 0.3) is 21.9 Å². The van der Waals surface area contributed by atoms with Crippen LogP contribution in [0.2, 0.25) is 0 Å². The van der Waals surface area contributed by atoms with Crippen molar-refractivity contribution in [3.63, 3.8) is 0 Å². The molecule has 136 valence electrons. The molecule has 0 saturated heterocycles. The molecule has 0 saturated carbocycles. The Labute approximate surface area is 162 Å². The van der Waals surface area contributed by atoms with E-state index in [1.807, 2.05) is 12.1 Å². The minimum absolute atomic E-state index is 0.181. The van der Waals surface area contributed by atoms with Gasteiger partial charge in [0.2, 0.25) is 5.52 Å². The summed E-state index contributed by atoms with van der Waals surface area (Å²) in [6.07, 6.45) is 7.23. The van der Waals surface area contributed by atoms with Gasteiger partial charge in [-0.1, -0.05) is 41.7 Å². The number of rotatable bonds is 5. The summed E-state index contributed by atoms with van der Waals surface area (Å²) in [7, 11) is 2.05. The third-order valence-corrected chi connectivity index (χ3v) is 5.87. The van der Waals surface area contributed by atoms with Gasteiger partial charge in [-0.05, 0) is 23.8 Å². The molecule has 2 heterocycles. The van der Waals surface area contributed by atoms with Crippen LogP contribution >= 0.6 is 11.3 Å². The van der Waals surface area contributed by atoms with Crippen molar-refractivity contribution in [3.8, 4) is 0 Å². The van der Waals surface area contributed by atoms with Gasteiger partial charge in [-0.25, -0.2) is 0 Å². The fourth-order valence-corrected chi connectivity index (χ4v) is 4.57. The van der Waals surface area contributed by atoms with Crippen LogP contribution in [-0.4, -0.2) is 18.1 Å². The molecule has 0 atom stereocenters. The molecular weight excluding hydrogens is 356 g/mol. The molecule has 0 amide bonds. The van der Waals surface area contributed by atoms with E-state index in [0.717, 1.165) is 10.5 Å². The standard InChI is InChI=1S/C22H20N2O2S/c1-23-14-12-16(17-7-2-3-8-18(17)23)15-21-24(13-6-11-22(25)26)19-9-4-5-10-20(19)27-21/h2-5,7-10,12,14-15H,6,11,13H2,1H3/p+1. The summed E-state index contributed by atoms with van der Waals surface area (Å²) < 4.78 is 3.45. The number of carboxylic acids is 1. The lowest BCUT2D eigenvalue weighted by molar-refractivity contribution is -0.669. The van der Waals surface area contributed by atoms with Crippen molar-refractivity contribution in [1.82, 2.24) is 0 Å². The van der Waals surface area contributed by atoms with Gasteiger partial charge in [-0.15, -0.1) is 0 Å². The number of aromatic nitrogens is 1. The second-order valence-corrected chi connectivity index (χ2v) is 7.66. The van der Waals surface area contributed by atoms with E-state index in [0.29, 0.717) is 13.0 Å². The van der Waals surface area contributed by atoms with Crippen LogP contribution in [0, 0.1) is 0 Å². The van der Waals surface area contributed by atoms with Gasteiger partial charge in [-0.2, -0.15) is 4.57 Å². The lowest BCUT2D eigenvalue weighted by Gasteiger charge is -2.23. The zero-order chi connectivity index (χ0) is 18.8. The highest BCUT2D eigenvalue weighted by Gasteiger charge is 2.21. The van der Waals surface area contributed by atoms with Crippen molar-refractivity contribution in [3.05, 3.63) is 71.4 Å². The number of hydrogen-bond donors (Lipinski definition) is 1. The fraction of sp³-hybridized carbons (Fsp3) is 0.182. The molecule has 1 aliphatic rings. The lowest BCUT2D eigenvalue weighted by Crippen LogP contribution is -2.35. The molecule has 1 aromatic heterocycles. The van der Waals surface area contributed by atoms with Gasteiger partial charge < -0.3 is 10.0 Å². The van der Waals surface area contributed by atoms with Crippen LogP contribution in [0.5, 0.6) is 0 Å². The van der Waals surface area contributed by atoms with E-state index in [1.54, 1.807) is 11.3 Å². The summed E-state index contributed by atoms with van der Waals surface area (Å²) in [5, 5.41) is 10.1. The predicted octanol–water partition coefficient (Wildman–Crippen LogP) is 4.56. The summed E-state index contributed by atoms with van der Waals surface area (Å²) in [6.45, 7) is 0.695. The van der Waals surface area contributed by atoms with E-state index in [2.05, 4.69) is 71.3 Å². The van der Waals surface area contributed by atoms with Crippen molar-refractivity contribution in [1.29, 1.82) is 0 Å². The average Bonchev–Trinajstić information content (AvgIpc) is 3.01. The van der Waals surface area contributed by atoms with Gasteiger partial charge in [-0.3, -0.25) is 4.79 Å². The van der Waals surface area contributed by atoms with E-state index in [9.17, 15) is 4.79 Å². The monoisotopic (exact) mass is 377 g/mol. The normalized spacial score (nSPS) is 14.7. The Bertz CT molecular complexity index is 1070. The number of carbonyl (C=O) groups is 1. The molecule has 0 unspecified atom stereocenters. The molecule has 27 heavy (non-hydrogen) atoms. The highest BCUT2D eigenvalue weighted by Crippen LogP contribution is 2.34. The molecule has 0 radical (unpaired) electrons. The van der Waals surface area contributed by atoms with E-state index in [4.69, 9.17) is 5.11 Å². The Hall–Kier alpha value is -2.92. The van der Waals surface area contributed by atoms with Crippen molar-refractivity contribution in [2.45, 2.75) is 19.4 Å². The number of benzene rings is 2. The number of fused-ring (bicyclic) bond motifs is 2. The lowest BCUT2D eigenvalue weighted by atomic mass is 10.00. The van der Waals surface area contributed by atoms with E-state index >= 15 is 0 Å². The second-order valence-electron chi connectivity index (χ2n) is 6.60. The first-order valence-electron chi connectivity index (χ1n) is 8.99. The molecule has 4 nitrogen and oxygen atoms in total. The summed E-state index contributed by atoms with van der Waals surface area (Å²) in [5.74, 6) is -0.748. The Morgan fingerprint density at radius 1 is 1.19 bits per heavy atom. The van der Waals surface area contributed by atoms with Crippen LogP contribution < -0.4 is 9.47 Å². The molecule has 0 bridgehead atoms. The van der Waals surface area contributed by atoms with Crippen LogP contribution in [0.15, 0.2) is 60.8 Å². The number of nitrogens with zero attached hydrogens (tertiary/aromatic N) is 2. The Kier molecular flexibility index (Phi) is 4.77. The molecule has 0 spiro atoms. The molecule has 0 fully saturated rings. The van der Waals surface area contributed by atoms with E-state index < -0.39 is 5.97 Å². The summed E-state index contributed by atoms with van der Waals surface area (Å²) >= 11 is 1.74. The van der Waals surface area contributed by atoms with Gasteiger partial charge in [0.25, 0.3) is 5.01 Å². The molecule has 3 aromatic rings. The summed E-state index contributed by atoms with van der Waals surface area (Å²) in [5.41, 5.74) is 4.72. The predicted molar refractivity (Wildman–Crippen MR) is 111 cm³/mol. The topological polar surface area (TPSA) is 44.4 Å². The molecular formula is C22H21N2O2S+. The van der Waals surface area contributed by atoms with Crippen molar-refractivity contribution < 1.29 is 14.5 Å². The average molecular weight is 377 g/mol. The first-order valence-corrected chi connectivity index (χ1v) is 9.80. The number of hydrogen-bond acceptors (Lipinski definition) is 3. The zero-order valence-corrected chi connectivity index (χ0v) is 15.9. The number of aryl methyl sites for hydroxylation is 1. The van der Waals surface area contributed by atoms with Crippen molar-refractivity contribution >= 4 is 44.9 Å². The summed E-state index contributed by atoms with van der Waals surface area (Å²) in [6, 6.07) is 16.7. The number of para-hydroxylation sites is 2. The van der Waals surface area contributed by atoms with Crippen LogP contribution in [0.4, 0.5) is 5.69 Å². The molecule has 2 aromatic carbocycles. The Morgan fingerprint density at radius 2 is 1.96 bits per heavy atom. The van der Waals surface area contributed by atoms with Gasteiger partial charge >= 0.3 is 5.97 Å². The van der Waals surface area contributed by atoms with Gasteiger partial charge in [0, 0.05) is 43.1 Å². The number of thiazole rings is 1. The maximum atomic E-state index is 10.9. The quantitative estimate of drug-likeness (QED) is 0.663. The first kappa shape index (κ1) is 17.5. The zero-order valence-electron chi connectivity index (χ0n) is 15.1. The van der Waals surface area contributed by atoms with E-state index in [-0.39, 0.29) is 6.42 Å². The van der Waals surface area contributed by atoms with Gasteiger partial charge in [0.1, 0.15) is 4.70 Å². The van der Waals surface area contributed by atoms with Gasteiger partial charge in [0.15, 0.2) is 6.54 Å². The number of aliphatic carboxylic acids is 1.